The Balaban J connectivity index is 2.45. The number of ether oxygens (including phenoxy) is 1. The number of nitrogens with two attached hydrogens (primary N) is 1. The number of nitrogens with zero attached hydrogens (tertiary/aromatic N) is 1. The standard InChI is InChI=1S/C13H9BrN2O4/c14-7-5-9(13(18)19)12(16-6-7)20-10-4-2-1-3-8(10)11(15)17/h1-6H,(H2,15,17)(H,18,19). The van der Waals surface area contributed by atoms with Gasteiger partial charge in [-0.3, -0.25) is 4.79 Å². The minimum Gasteiger partial charge on any atom is -0.477 e. The molecule has 0 radical (unpaired) electrons. The Hall–Kier alpha value is -2.41. The third-order valence-corrected chi connectivity index (χ3v) is 2.84. The predicted molar refractivity (Wildman–Crippen MR) is 73.9 cm³/mol. The van der Waals surface area contributed by atoms with Gasteiger partial charge in [-0.25, -0.2) is 9.78 Å². The SMILES string of the molecule is NC(=O)c1ccccc1Oc1ncc(Br)cc1C(=O)O. The summed E-state index contributed by atoms with van der Waals surface area (Å²) in [6.07, 6.45) is 1.40. The molecular weight excluding hydrogens is 328 g/mol. The van der Waals surface area contributed by atoms with Gasteiger partial charge in [0.1, 0.15) is 11.3 Å². The van der Waals surface area contributed by atoms with E-state index in [-0.39, 0.29) is 22.8 Å². The predicted octanol–water partition coefficient (Wildman–Crippen LogP) is 2.43. The molecule has 1 aromatic heterocycles. The molecule has 0 aliphatic carbocycles. The van der Waals surface area contributed by atoms with Gasteiger partial charge in [0, 0.05) is 10.7 Å². The number of primary amides is 1. The summed E-state index contributed by atoms with van der Waals surface area (Å²) in [7, 11) is 0. The van der Waals surface area contributed by atoms with Crippen molar-refractivity contribution in [1.82, 2.24) is 4.98 Å². The molecule has 0 fully saturated rings. The van der Waals surface area contributed by atoms with Crippen LogP contribution in [-0.2, 0) is 0 Å². The second-order valence-electron chi connectivity index (χ2n) is 3.77. The molecule has 1 heterocycles. The van der Waals surface area contributed by atoms with Crippen molar-refractivity contribution in [3.63, 3.8) is 0 Å². The second-order valence-corrected chi connectivity index (χ2v) is 4.69. The highest BCUT2D eigenvalue weighted by molar-refractivity contribution is 9.10. The molecule has 3 N–H and O–H groups in total. The lowest BCUT2D eigenvalue weighted by atomic mass is 10.2. The average molecular weight is 337 g/mol. The maximum atomic E-state index is 11.3. The zero-order chi connectivity index (χ0) is 14.7. The number of carboxylic acids is 1. The molecule has 0 atom stereocenters. The first kappa shape index (κ1) is 14.0. The Morgan fingerprint density at radius 1 is 1.25 bits per heavy atom. The fourth-order valence-corrected chi connectivity index (χ4v) is 1.86. The maximum Gasteiger partial charge on any atom is 0.341 e. The third-order valence-electron chi connectivity index (χ3n) is 2.41. The van der Waals surface area contributed by atoms with E-state index in [1.807, 2.05) is 0 Å². The van der Waals surface area contributed by atoms with Crippen LogP contribution < -0.4 is 10.5 Å². The number of pyridine rings is 1. The molecule has 20 heavy (non-hydrogen) atoms. The van der Waals surface area contributed by atoms with Crippen LogP contribution in [0.5, 0.6) is 11.6 Å². The maximum absolute atomic E-state index is 11.3. The Morgan fingerprint density at radius 2 is 1.95 bits per heavy atom. The highest BCUT2D eigenvalue weighted by atomic mass is 79.9. The van der Waals surface area contributed by atoms with Gasteiger partial charge in [-0.15, -0.1) is 0 Å². The van der Waals surface area contributed by atoms with Gasteiger partial charge in [-0.05, 0) is 34.1 Å². The Bertz CT molecular complexity index is 688. The Morgan fingerprint density at radius 3 is 2.60 bits per heavy atom. The zero-order valence-corrected chi connectivity index (χ0v) is 11.6. The highest BCUT2D eigenvalue weighted by Gasteiger charge is 2.17. The summed E-state index contributed by atoms with van der Waals surface area (Å²) in [5, 5.41) is 9.11. The summed E-state index contributed by atoms with van der Waals surface area (Å²) in [4.78, 5) is 26.3. The largest absolute Gasteiger partial charge is 0.477 e. The van der Waals surface area contributed by atoms with E-state index in [0.29, 0.717) is 4.47 Å². The quantitative estimate of drug-likeness (QED) is 0.892. The lowest BCUT2D eigenvalue weighted by molar-refractivity contribution is 0.0693. The molecular formula is C13H9BrN2O4. The lowest BCUT2D eigenvalue weighted by Crippen LogP contribution is -2.12. The number of aromatic carboxylic acids is 1. The van der Waals surface area contributed by atoms with E-state index in [9.17, 15) is 9.59 Å². The first-order valence-corrected chi connectivity index (χ1v) is 6.24. The minimum atomic E-state index is -1.19. The molecule has 1 aromatic carbocycles. The number of carbonyl (C=O) groups is 2. The lowest BCUT2D eigenvalue weighted by Gasteiger charge is -2.10. The van der Waals surface area contributed by atoms with E-state index in [1.54, 1.807) is 12.1 Å². The molecule has 1 amide bonds. The summed E-state index contributed by atoms with van der Waals surface area (Å²) in [5.74, 6) is -1.83. The first-order valence-electron chi connectivity index (χ1n) is 5.44. The van der Waals surface area contributed by atoms with E-state index < -0.39 is 11.9 Å². The van der Waals surface area contributed by atoms with E-state index in [2.05, 4.69) is 20.9 Å². The van der Waals surface area contributed by atoms with Gasteiger partial charge in [0.05, 0.1) is 5.56 Å². The molecule has 0 bridgehead atoms. The fourth-order valence-electron chi connectivity index (χ4n) is 1.52. The fraction of sp³-hybridized carbons (Fsp3) is 0. The van der Waals surface area contributed by atoms with E-state index in [1.165, 1.54) is 24.4 Å². The van der Waals surface area contributed by atoms with Crippen molar-refractivity contribution in [2.24, 2.45) is 5.73 Å². The van der Waals surface area contributed by atoms with Gasteiger partial charge >= 0.3 is 5.97 Å². The van der Waals surface area contributed by atoms with Crippen LogP contribution in [0, 0.1) is 0 Å². The minimum absolute atomic E-state index is 0.116. The second kappa shape index (κ2) is 5.70. The number of amides is 1. The van der Waals surface area contributed by atoms with Crippen molar-refractivity contribution in [1.29, 1.82) is 0 Å². The van der Waals surface area contributed by atoms with Gasteiger partial charge in [-0.2, -0.15) is 0 Å². The number of halogens is 1. The molecule has 2 rings (SSSR count). The smallest absolute Gasteiger partial charge is 0.341 e. The van der Waals surface area contributed by atoms with Gasteiger partial charge < -0.3 is 15.6 Å². The Labute approximate surface area is 122 Å². The van der Waals surface area contributed by atoms with Crippen molar-refractivity contribution in [2.45, 2.75) is 0 Å². The number of rotatable bonds is 4. The van der Waals surface area contributed by atoms with Gasteiger partial charge in [0.2, 0.25) is 5.88 Å². The van der Waals surface area contributed by atoms with Crippen molar-refractivity contribution in [2.75, 3.05) is 0 Å². The monoisotopic (exact) mass is 336 g/mol. The number of hydrogen-bond acceptors (Lipinski definition) is 4. The van der Waals surface area contributed by atoms with Crippen LogP contribution in [-0.4, -0.2) is 22.0 Å². The van der Waals surface area contributed by atoms with Gasteiger partial charge in [0.25, 0.3) is 5.91 Å². The Kier molecular flexibility index (Phi) is 3.99. The molecule has 2 aromatic rings. The summed E-state index contributed by atoms with van der Waals surface area (Å²) < 4.78 is 5.91. The summed E-state index contributed by atoms with van der Waals surface area (Å²) in [6.45, 7) is 0. The number of carbonyl (C=O) groups excluding carboxylic acids is 1. The number of hydrogen-bond donors (Lipinski definition) is 2. The molecule has 0 spiro atoms. The van der Waals surface area contributed by atoms with E-state index >= 15 is 0 Å². The van der Waals surface area contributed by atoms with Crippen LogP contribution >= 0.6 is 15.9 Å². The van der Waals surface area contributed by atoms with Crippen LogP contribution in [0.25, 0.3) is 0 Å². The number of aromatic nitrogens is 1. The topological polar surface area (TPSA) is 103 Å². The molecule has 6 nitrogen and oxygen atoms in total. The highest BCUT2D eigenvalue weighted by Crippen LogP contribution is 2.27. The molecule has 102 valence electrons. The summed E-state index contributed by atoms with van der Waals surface area (Å²) in [5.41, 5.74) is 5.25. The zero-order valence-electron chi connectivity index (χ0n) is 10.0. The summed E-state index contributed by atoms with van der Waals surface area (Å²) in [6, 6.07) is 7.62. The van der Waals surface area contributed by atoms with Crippen LogP contribution in [0.3, 0.4) is 0 Å². The van der Waals surface area contributed by atoms with E-state index in [0.717, 1.165) is 0 Å². The van der Waals surface area contributed by atoms with Crippen molar-refractivity contribution in [3.8, 4) is 11.6 Å². The van der Waals surface area contributed by atoms with Crippen molar-refractivity contribution in [3.05, 3.63) is 52.1 Å². The molecule has 0 aliphatic rings. The van der Waals surface area contributed by atoms with Crippen molar-refractivity contribution < 1.29 is 19.4 Å². The molecule has 0 saturated carbocycles. The summed E-state index contributed by atoms with van der Waals surface area (Å²) >= 11 is 3.13. The average Bonchev–Trinajstić information content (AvgIpc) is 2.41. The number of para-hydroxylation sites is 1. The van der Waals surface area contributed by atoms with Crippen LogP contribution in [0.2, 0.25) is 0 Å². The van der Waals surface area contributed by atoms with Gasteiger partial charge in [0.15, 0.2) is 0 Å². The number of benzene rings is 1. The normalized spacial score (nSPS) is 10.1. The number of carboxylic acid groups (broad SMARTS) is 1. The van der Waals surface area contributed by atoms with Crippen molar-refractivity contribution >= 4 is 27.8 Å². The molecule has 0 unspecified atom stereocenters. The molecule has 0 saturated heterocycles. The van der Waals surface area contributed by atoms with E-state index in [4.69, 9.17) is 15.6 Å². The van der Waals surface area contributed by atoms with Crippen LogP contribution in [0.1, 0.15) is 20.7 Å². The molecule has 7 heteroatoms. The molecule has 0 aliphatic heterocycles. The van der Waals surface area contributed by atoms with Crippen LogP contribution in [0.4, 0.5) is 0 Å². The third kappa shape index (κ3) is 2.94. The first-order chi connectivity index (χ1) is 9.49. The van der Waals surface area contributed by atoms with Gasteiger partial charge in [-0.1, -0.05) is 12.1 Å². The van der Waals surface area contributed by atoms with Crippen LogP contribution in [0.15, 0.2) is 41.0 Å².